The fourth-order valence-electron chi connectivity index (χ4n) is 1.51. The van der Waals surface area contributed by atoms with Crippen molar-refractivity contribution in [3.63, 3.8) is 0 Å². The zero-order valence-electron chi connectivity index (χ0n) is 11.3. The van der Waals surface area contributed by atoms with Crippen LogP contribution in [0.3, 0.4) is 0 Å². The number of nitrogens with zero attached hydrogens (tertiary/aromatic N) is 2. The Labute approximate surface area is 108 Å². The minimum atomic E-state index is -0.0541. The van der Waals surface area contributed by atoms with Crippen molar-refractivity contribution in [1.29, 1.82) is 0 Å². The van der Waals surface area contributed by atoms with Crippen molar-refractivity contribution < 1.29 is 4.74 Å². The molecule has 0 bridgehead atoms. The molecule has 0 saturated heterocycles. The SMILES string of the molecule is CCCCOCCNCCn1nc(C)ccc1=O. The van der Waals surface area contributed by atoms with E-state index in [2.05, 4.69) is 17.3 Å². The molecular weight excluding hydrogens is 230 g/mol. The van der Waals surface area contributed by atoms with Crippen molar-refractivity contribution in [2.24, 2.45) is 0 Å². The molecule has 1 heterocycles. The maximum absolute atomic E-state index is 11.5. The molecule has 1 rings (SSSR count). The van der Waals surface area contributed by atoms with Crippen LogP contribution in [0.4, 0.5) is 0 Å². The summed E-state index contributed by atoms with van der Waals surface area (Å²) in [5.41, 5.74) is 0.805. The van der Waals surface area contributed by atoms with Crippen molar-refractivity contribution in [3.8, 4) is 0 Å². The fourth-order valence-corrected chi connectivity index (χ4v) is 1.51. The molecule has 0 fully saturated rings. The molecule has 5 heteroatoms. The predicted octanol–water partition coefficient (Wildman–Crippen LogP) is 0.958. The first-order chi connectivity index (χ1) is 8.74. The Morgan fingerprint density at radius 3 is 2.94 bits per heavy atom. The fraction of sp³-hybridized carbons (Fsp3) is 0.692. The van der Waals surface area contributed by atoms with Gasteiger partial charge in [-0.1, -0.05) is 13.3 Å². The summed E-state index contributed by atoms with van der Waals surface area (Å²) in [6.45, 7) is 7.71. The van der Waals surface area contributed by atoms with Gasteiger partial charge in [-0.25, -0.2) is 4.68 Å². The predicted molar refractivity (Wildman–Crippen MR) is 71.8 cm³/mol. The Morgan fingerprint density at radius 1 is 1.33 bits per heavy atom. The molecule has 0 spiro atoms. The second kappa shape index (κ2) is 8.83. The number of aryl methyl sites for hydroxylation is 1. The maximum atomic E-state index is 11.5. The van der Waals surface area contributed by atoms with Gasteiger partial charge in [0.1, 0.15) is 0 Å². The number of hydrogen-bond acceptors (Lipinski definition) is 4. The molecule has 0 aliphatic rings. The second-order valence-corrected chi connectivity index (χ2v) is 4.25. The minimum absolute atomic E-state index is 0.0541. The van der Waals surface area contributed by atoms with Crippen molar-refractivity contribution >= 4 is 0 Å². The molecule has 0 radical (unpaired) electrons. The normalized spacial score (nSPS) is 10.8. The van der Waals surface area contributed by atoms with Gasteiger partial charge in [-0.3, -0.25) is 4.79 Å². The minimum Gasteiger partial charge on any atom is -0.380 e. The molecule has 0 amide bonds. The van der Waals surface area contributed by atoms with Gasteiger partial charge in [-0.15, -0.1) is 0 Å². The summed E-state index contributed by atoms with van der Waals surface area (Å²) in [5, 5.41) is 7.40. The van der Waals surface area contributed by atoms with E-state index in [0.717, 1.165) is 44.8 Å². The molecule has 0 aliphatic carbocycles. The zero-order chi connectivity index (χ0) is 13.2. The lowest BCUT2D eigenvalue weighted by atomic mass is 10.4. The summed E-state index contributed by atoms with van der Waals surface area (Å²) < 4.78 is 6.91. The smallest absolute Gasteiger partial charge is 0.266 e. The van der Waals surface area contributed by atoms with Gasteiger partial charge in [0, 0.05) is 25.8 Å². The highest BCUT2D eigenvalue weighted by Gasteiger charge is 1.97. The molecule has 1 aromatic rings. The van der Waals surface area contributed by atoms with Crippen LogP contribution in [-0.4, -0.2) is 36.1 Å². The molecule has 0 aromatic carbocycles. The van der Waals surface area contributed by atoms with E-state index in [9.17, 15) is 4.79 Å². The Bertz CT molecular complexity index is 390. The molecule has 1 aromatic heterocycles. The van der Waals surface area contributed by atoms with Crippen LogP contribution in [0.1, 0.15) is 25.5 Å². The van der Waals surface area contributed by atoms with Gasteiger partial charge in [-0.05, 0) is 19.4 Å². The van der Waals surface area contributed by atoms with E-state index < -0.39 is 0 Å². The highest BCUT2D eigenvalue weighted by atomic mass is 16.5. The number of nitrogens with one attached hydrogen (secondary N) is 1. The summed E-state index contributed by atoms with van der Waals surface area (Å²) in [5.74, 6) is 0. The largest absolute Gasteiger partial charge is 0.380 e. The van der Waals surface area contributed by atoms with Gasteiger partial charge in [0.25, 0.3) is 5.56 Å². The Balaban J connectivity index is 2.11. The van der Waals surface area contributed by atoms with Gasteiger partial charge >= 0.3 is 0 Å². The van der Waals surface area contributed by atoms with Gasteiger partial charge in [0.2, 0.25) is 0 Å². The van der Waals surface area contributed by atoms with Crippen LogP contribution in [0.25, 0.3) is 0 Å². The van der Waals surface area contributed by atoms with E-state index in [1.54, 1.807) is 12.1 Å². The Morgan fingerprint density at radius 2 is 2.17 bits per heavy atom. The lowest BCUT2D eigenvalue weighted by Gasteiger charge is -2.07. The van der Waals surface area contributed by atoms with E-state index in [1.165, 1.54) is 4.68 Å². The molecule has 0 unspecified atom stereocenters. The first-order valence-electron chi connectivity index (χ1n) is 6.57. The molecule has 0 saturated carbocycles. The first kappa shape index (κ1) is 14.9. The molecule has 0 aliphatic heterocycles. The van der Waals surface area contributed by atoms with E-state index in [1.807, 2.05) is 6.92 Å². The number of hydrogen-bond donors (Lipinski definition) is 1. The third kappa shape index (κ3) is 5.93. The van der Waals surface area contributed by atoms with Crippen LogP contribution in [-0.2, 0) is 11.3 Å². The molecule has 102 valence electrons. The van der Waals surface area contributed by atoms with Gasteiger partial charge in [-0.2, -0.15) is 5.10 Å². The van der Waals surface area contributed by atoms with E-state index >= 15 is 0 Å². The lowest BCUT2D eigenvalue weighted by Crippen LogP contribution is -2.30. The summed E-state index contributed by atoms with van der Waals surface area (Å²) >= 11 is 0. The highest BCUT2D eigenvalue weighted by molar-refractivity contribution is 4.96. The van der Waals surface area contributed by atoms with Crippen LogP contribution < -0.4 is 10.9 Å². The Hall–Kier alpha value is -1.20. The van der Waals surface area contributed by atoms with Gasteiger partial charge < -0.3 is 10.1 Å². The lowest BCUT2D eigenvalue weighted by molar-refractivity contribution is 0.133. The van der Waals surface area contributed by atoms with Crippen LogP contribution in [0, 0.1) is 6.92 Å². The monoisotopic (exact) mass is 253 g/mol. The highest BCUT2D eigenvalue weighted by Crippen LogP contribution is 1.87. The number of unbranched alkanes of at least 4 members (excludes halogenated alkanes) is 1. The maximum Gasteiger partial charge on any atom is 0.266 e. The van der Waals surface area contributed by atoms with Crippen LogP contribution in [0.2, 0.25) is 0 Å². The zero-order valence-corrected chi connectivity index (χ0v) is 11.3. The van der Waals surface area contributed by atoms with Crippen molar-refractivity contribution in [2.45, 2.75) is 33.2 Å². The average Bonchev–Trinajstić information content (AvgIpc) is 2.36. The molecular formula is C13H23N3O2. The molecule has 1 N–H and O–H groups in total. The van der Waals surface area contributed by atoms with Crippen LogP contribution >= 0.6 is 0 Å². The average molecular weight is 253 g/mol. The van der Waals surface area contributed by atoms with Crippen LogP contribution in [0.5, 0.6) is 0 Å². The quantitative estimate of drug-likeness (QED) is 0.666. The van der Waals surface area contributed by atoms with E-state index in [4.69, 9.17) is 4.74 Å². The van der Waals surface area contributed by atoms with Crippen LogP contribution in [0.15, 0.2) is 16.9 Å². The summed E-state index contributed by atoms with van der Waals surface area (Å²) in [6.07, 6.45) is 2.28. The van der Waals surface area contributed by atoms with Crippen molar-refractivity contribution in [3.05, 3.63) is 28.2 Å². The molecule has 5 nitrogen and oxygen atoms in total. The summed E-state index contributed by atoms with van der Waals surface area (Å²) in [4.78, 5) is 11.5. The molecule has 18 heavy (non-hydrogen) atoms. The number of ether oxygens (including phenoxy) is 1. The number of rotatable bonds is 9. The summed E-state index contributed by atoms with van der Waals surface area (Å²) in [6, 6.07) is 3.28. The van der Waals surface area contributed by atoms with Gasteiger partial charge in [0.05, 0.1) is 18.8 Å². The van der Waals surface area contributed by atoms with Crippen molar-refractivity contribution in [1.82, 2.24) is 15.1 Å². The van der Waals surface area contributed by atoms with E-state index in [-0.39, 0.29) is 5.56 Å². The third-order valence-electron chi connectivity index (χ3n) is 2.57. The second-order valence-electron chi connectivity index (χ2n) is 4.25. The first-order valence-corrected chi connectivity index (χ1v) is 6.57. The standard InChI is InChI=1S/C13H23N3O2/c1-3-4-10-18-11-8-14-7-9-16-13(17)6-5-12(2)15-16/h5-6,14H,3-4,7-11H2,1-2H3. The third-order valence-corrected chi connectivity index (χ3v) is 2.57. The summed E-state index contributed by atoms with van der Waals surface area (Å²) in [7, 11) is 0. The van der Waals surface area contributed by atoms with E-state index in [0.29, 0.717) is 6.54 Å². The molecule has 0 atom stereocenters. The number of aromatic nitrogens is 2. The Kier molecular flexibility index (Phi) is 7.29. The topological polar surface area (TPSA) is 56.1 Å². The van der Waals surface area contributed by atoms with Crippen molar-refractivity contribution in [2.75, 3.05) is 26.3 Å². The van der Waals surface area contributed by atoms with Gasteiger partial charge in [0.15, 0.2) is 0 Å².